The molecule has 4 rings (SSSR count). The molecule has 0 unspecified atom stereocenters. The van der Waals surface area contributed by atoms with Gasteiger partial charge in [0.2, 0.25) is 0 Å². The van der Waals surface area contributed by atoms with E-state index in [1.807, 2.05) is 0 Å². The first-order chi connectivity index (χ1) is 9.92. The van der Waals surface area contributed by atoms with Crippen LogP contribution in [0.2, 0.25) is 0 Å². The van der Waals surface area contributed by atoms with Gasteiger partial charge in [-0.2, -0.15) is 0 Å². The fourth-order valence-electron chi connectivity index (χ4n) is 3.35. The van der Waals surface area contributed by atoms with E-state index in [4.69, 9.17) is 4.98 Å². The van der Waals surface area contributed by atoms with E-state index < -0.39 is 0 Å². The van der Waals surface area contributed by atoms with Crippen LogP contribution >= 0.6 is 0 Å². The first kappa shape index (κ1) is 12.3. The van der Waals surface area contributed by atoms with Crippen molar-refractivity contribution in [3.63, 3.8) is 0 Å². The molecule has 0 bridgehead atoms. The standard InChI is InChI=1S/C17H21N3/c1-2-4-15-13(3-1)7-8-16(19-15)17(14-5-6-14)20-11-9-18-10-12-20/h1-4,7-8,14,17-18H,5-6,9-12H2/t17-/m1/s1. The number of rotatable bonds is 3. The van der Waals surface area contributed by atoms with Gasteiger partial charge in [-0.1, -0.05) is 24.3 Å². The van der Waals surface area contributed by atoms with Gasteiger partial charge in [-0.25, -0.2) is 0 Å². The molecular weight excluding hydrogens is 246 g/mol. The zero-order valence-electron chi connectivity index (χ0n) is 11.8. The number of nitrogens with one attached hydrogen (secondary N) is 1. The Balaban J connectivity index is 1.69. The lowest BCUT2D eigenvalue weighted by molar-refractivity contribution is 0.153. The van der Waals surface area contributed by atoms with E-state index in [2.05, 4.69) is 46.6 Å². The van der Waals surface area contributed by atoms with Gasteiger partial charge in [-0.15, -0.1) is 0 Å². The average Bonchev–Trinajstić information content (AvgIpc) is 3.33. The molecule has 2 aromatic rings. The van der Waals surface area contributed by atoms with Crippen LogP contribution in [0.4, 0.5) is 0 Å². The molecule has 1 aliphatic carbocycles. The second kappa shape index (κ2) is 5.15. The first-order valence-corrected chi connectivity index (χ1v) is 7.72. The van der Waals surface area contributed by atoms with Gasteiger partial charge in [-0.05, 0) is 30.9 Å². The Morgan fingerprint density at radius 1 is 1.05 bits per heavy atom. The van der Waals surface area contributed by atoms with Crippen LogP contribution in [0.5, 0.6) is 0 Å². The number of fused-ring (bicyclic) bond motifs is 1. The lowest BCUT2D eigenvalue weighted by atomic mass is 10.0. The summed E-state index contributed by atoms with van der Waals surface area (Å²) in [5.74, 6) is 0.821. The number of pyridine rings is 1. The lowest BCUT2D eigenvalue weighted by Crippen LogP contribution is -2.45. The molecule has 0 amide bonds. The smallest absolute Gasteiger partial charge is 0.0706 e. The number of hydrogen-bond donors (Lipinski definition) is 1. The van der Waals surface area contributed by atoms with E-state index in [1.165, 1.54) is 23.9 Å². The number of nitrogens with zero attached hydrogens (tertiary/aromatic N) is 2. The molecule has 3 nitrogen and oxygen atoms in total. The number of para-hydroxylation sites is 1. The fraction of sp³-hybridized carbons (Fsp3) is 0.471. The second-order valence-electron chi connectivity index (χ2n) is 6.00. The lowest BCUT2D eigenvalue weighted by Gasteiger charge is -2.35. The van der Waals surface area contributed by atoms with Crippen molar-refractivity contribution in [2.24, 2.45) is 5.92 Å². The van der Waals surface area contributed by atoms with Crippen LogP contribution in [0.3, 0.4) is 0 Å². The predicted molar refractivity (Wildman–Crippen MR) is 81.7 cm³/mol. The molecule has 3 heteroatoms. The summed E-state index contributed by atoms with van der Waals surface area (Å²) in [5.41, 5.74) is 2.40. The Morgan fingerprint density at radius 3 is 2.65 bits per heavy atom. The predicted octanol–water partition coefficient (Wildman–Crippen LogP) is 2.59. The molecule has 2 aliphatic rings. The highest BCUT2D eigenvalue weighted by Gasteiger charge is 2.37. The monoisotopic (exact) mass is 267 g/mol. The number of hydrogen-bond acceptors (Lipinski definition) is 3. The highest BCUT2D eigenvalue weighted by molar-refractivity contribution is 5.78. The van der Waals surface area contributed by atoms with Crippen molar-refractivity contribution < 1.29 is 0 Å². The minimum absolute atomic E-state index is 0.529. The zero-order valence-corrected chi connectivity index (χ0v) is 11.8. The summed E-state index contributed by atoms with van der Waals surface area (Å²) in [4.78, 5) is 7.58. The Bertz CT molecular complexity index is 600. The highest BCUT2D eigenvalue weighted by atomic mass is 15.2. The van der Waals surface area contributed by atoms with E-state index >= 15 is 0 Å². The van der Waals surface area contributed by atoms with Crippen molar-refractivity contribution in [3.8, 4) is 0 Å². The summed E-state index contributed by atoms with van der Waals surface area (Å²) in [7, 11) is 0. The van der Waals surface area contributed by atoms with Gasteiger partial charge >= 0.3 is 0 Å². The van der Waals surface area contributed by atoms with Crippen LogP contribution in [0.15, 0.2) is 36.4 Å². The zero-order chi connectivity index (χ0) is 13.4. The molecule has 2 heterocycles. The normalized spacial score (nSPS) is 22.0. The van der Waals surface area contributed by atoms with E-state index in [0.29, 0.717) is 6.04 Å². The third kappa shape index (κ3) is 2.32. The summed E-state index contributed by atoms with van der Waals surface area (Å²) in [6.45, 7) is 4.51. The van der Waals surface area contributed by atoms with Crippen molar-refractivity contribution in [2.75, 3.05) is 26.2 Å². The highest BCUT2D eigenvalue weighted by Crippen LogP contribution is 2.44. The van der Waals surface area contributed by atoms with Crippen molar-refractivity contribution in [1.29, 1.82) is 0 Å². The summed E-state index contributed by atoms with van der Waals surface area (Å²) in [6, 6.07) is 13.4. The quantitative estimate of drug-likeness (QED) is 0.926. The fourth-order valence-corrected chi connectivity index (χ4v) is 3.35. The van der Waals surface area contributed by atoms with Crippen LogP contribution in [-0.2, 0) is 0 Å². The third-order valence-corrected chi connectivity index (χ3v) is 4.54. The summed E-state index contributed by atoms with van der Waals surface area (Å²) in [6.07, 6.45) is 2.73. The van der Waals surface area contributed by atoms with Gasteiger partial charge in [0.25, 0.3) is 0 Å². The Kier molecular flexibility index (Phi) is 3.17. The minimum Gasteiger partial charge on any atom is -0.314 e. The molecule has 1 aliphatic heterocycles. The van der Waals surface area contributed by atoms with E-state index in [9.17, 15) is 0 Å². The topological polar surface area (TPSA) is 28.2 Å². The van der Waals surface area contributed by atoms with Crippen LogP contribution in [0, 0.1) is 5.92 Å². The van der Waals surface area contributed by atoms with Gasteiger partial charge in [0.1, 0.15) is 0 Å². The molecule has 104 valence electrons. The molecular formula is C17H21N3. The average molecular weight is 267 g/mol. The Hall–Kier alpha value is -1.45. The van der Waals surface area contributed by atoms with Gasteiger partial charge in [0, 0.05) is 31.6 Å². The van der Waals surface area contributed by atoms with Gasteiger partial charge < -0.3 is 5.32 Å². The summed E-state index contributed by atoms with van der Waals surface area (Å²) >= 11 is 0. The van der Waals surface area contributed by atoms with E-state index in [0.717, 1.165) is 37.6 Å². The number of benzene rings is 1. The van der Waals surface area contributed by atoms with Gasteiger partial charge in [0.05, 0.1) is 17.3 Å². The van der Waals surface area contributed by atoms with Gasteiger partial charge in [0.15, 0.2) is 0 Å². The largest absolute Gasteiger partial charge is 0.314 e. The Morgan fingerprint density at radius 2 is 1.85 bits per heavy atom. The first-order valence-electron chi connectivity index (χ1n) is 7.72. The number of aromatic nitrogens is 1. The molecule has 1 N–H and O–H groups in total. The molecule has 1 aromatic carbocycles. The van der Waals surface area contributed by atoms with Crippen molar-refractivity contribution in [2.45, 2.75) is 18.9 Å². The van der Waals surface area contributed by atoms with E-state index in [1.54, 1.807) is 0 Å². The van der Waals surface area contributed by atoms with Crippen LogP contribution in [0.1, 0.15) is 24.6 Å². The minimum atomic E-state index is 0.529. The molecule has 2 fully saturated rings. The molecule has 1 saturated carbocycles. The molecule has 1 atom stereocenters. The van der Waals surface area contributed by atoms with Crippen molar-refractivity contribution in [1.82, 2.24) is 15.2 Å². The second-order valence-corrected chi connectivity index (χ2v) is 6.00. The summed E-state index contributed by atoms with van der Waals surface area (Å²) in [5, 5.41) is 4.69. The maximum Gasteiger partial charge on any atom is 0.0706 e. The molecule has 1 aromatic heterocycles. The van der Waals surface area contributed by atoms with Crippen molar-refractivity contribution in [3.05, 3.63) is 42.1 Å². The van der Waals surface area contributed by atoms with Crippen molar-refractivity contribution >= 4 is 10.9 Å². The SMILES string of the molecule is c1ccc2nc([C@@H](C3CC3)N3CCNCC3)ccc2c1. The van der Waals surface area contributed by atoms with Crippen LogP contribution < -0.4 is 5.32 Å². The third-order valence-electron chi connectivity index (χ3n) is 4.54. The molecule has 0 spiro atoms. The molecule has 20 heavy (non-hydrogen) atoms. The maximum atomic E-state index is 4.95. The maximum absolute atomic E-state index is 4.95. The molecule has 1 saturated heterocycles. The molecule has 0 radical (unpaired) electrons. The Labute approximate surface area is 120 Å². The van der Waals surface area contributed by atoms with E-state index in [-0.39, 0.29) is 0 Å². The van der Waals surface area contributed by atoms with Crippen LogP contribution in [0.25, 0.3) is 10.9 Å². The van der Waals surface area contributed by atoms with Crippen LogP contribution in [-0.4, -0.2) is 36.1 Å². The number of piperazine rings is 1. The van der Waals surface area contributed by atoms with Gasteiger partial charge in [-0.3, -0.25) is 9.88 Å². The summed E-state index contributed by atoms with van der Waals surface area (Å²) < 4.78 is 0.